The second kappa shape index (κ2) is 10.2. The third kappa shape index (κ3) is 5.02. The number of hydrogen-bond donors (Lipinski definition) is 0. The van der Waals surface area contributed by atoms with Crippen molar-refractivity contribution in [3.63, 3.8) is 0 Å². The Hall–Kier alpha value is -2.58. The topological polar surface area (TPSA) is 71.2 Å². The molecule has 0 fully saturated rings. The van der Waals surface area contributed by atoms with Crippen molar-refractivity contribution in [3.8, 4) is 17.1 Å². The average molecular weight is 443 g/mol. The van der Waals surface area contributed by atoms with E-state index in [4.69, 9.17) is 9.47 Å². The molecule has 31 heavy (non-hydrogen) atoms. The molecule has 0 N–H and O–H groups in total. The molecule has 0 unspecified atom stereocenters. The fourth-order valence-electron chi connectivity index (χ4n) is 3.60. The summed E-state index contributed by atoms with van der Waals surface area (Å²) in [6, 6.07) is 9.87. The lowest BCUT2D eigenvalue weighted by atomic mass is 10.2. The summed E-state index contributed by atoms with van der Waals surface area (Å²) in [7, 11) is 3.33. The summed E-state index contributed by atoms with van der Waals surface area (Å²) >= 11 is 1.42. The number of aromatic nitrogens is 4. The van der Waals surface area contributed by atoms with Crippen molar-refractivity contribution in [2.45, 2.75) is 45.4 Å². The molecule has 8 heteroatoms. The first-order valence-corrected chi connectivity index (χ1v) is 11.3. The maximum atomic E-state index is 13.0. The molecule has 0 aliphatic carbocycles. The molecular weight excluding hydrogens is 412 g/mol. The van der Waals surface area contributed by atoms with E-state index in [2.05, 4.69) is 33.2 Å². The zero-order chi connectivity index (χ0) is 22.5. The van der Waals surface area contributed by atoms with Crippen molar-refractivity contribution in [2.24, 2.45) is 0 Å². The molecule has 0 bridgehead atoms. The van der Waals surface area contributed by atoms with E-state index in [0.29, 0.717) is 12.4 Å². The van der Waals surface area contributed by atoms with Crippen LogP contribution >= 0.6 is 11.8 Å². The Bertz CT molecular complexity index is 1040. The minimum atomic E-state index is 0.0890. The number of benzene rings is 1. The van der Waals surface area contributed by atoms with Crippen molar-refractivity contribution in [2.75, 3.05) is 26.6 Å². The monoisotopic (exact) mass is 442 g/mol. The highest BCUT2D eigenvalue weighted by Crippen LogP contribution is 2.29. The number of methoxy groups -OCH3 is 2. The quantitative estimate of drug-likeness (QED) is 0.338. The van der Waals surface area contributed by atoms with Gasteiger partial charge in [-0.3, -0.25) is 9.36 Å². The van der Waals surface area contributed by atoms with Gasteiger partial charge in [-0.25, -0.2) is 0 Å². The summed E-state index contributed by atoms with van der Waals surface area (Å²) in [5.41, 5.74) is 3.76. The number of nitrogens with zero attached hydrogens (tertiary/aromatic N) is 4. The summed E-state index contributed by atoms with van der Waals surface area (Å²) in [5.74, 6) is 1.97. The van der Waals surface area contributed by atoms with E-state index < -0.39 is 0 Å². The van der Waals surface area contributed by atoms with E-state index >= 15 is 0 Å². The molecule has 3 aromatic rings. The molecule has 2 aromatic heterocycles. The van der Waals surface area contributed by atoms with Crippen LogP contribution in [0.2, 0.25) is 0 Å². The number of hydrogen-bond acceptors (Lipinski definition) is 6. The van der Waals surface area contributed by atoms with Crippen LogP contribution in [0.4, 0.5) is 0 Å². The summed E-state index contributed by atoms with van der Waals surface area (Å²) in [6.07, 6.45) is 0. The molecule has 0 saturated carbocycles. The van der Waals surface area contributed by atoms with Crippen LogP contribution in [-0.4, -0.2) is 51.7 Å². The summed E-state index contributed by atoms with van der Waals surface area (Å²) < 4.78 is 14.6. The van der Waals surface area contributed by atoms with Crippen LogP contribution in [0.1, 0.15) is 41.6 Å². The predicted octanol–water partition coefficient (Wildman–Crippen LogP) is 4.57. The molecule has 7 nitrogen and oxygen atoms in total. The van der Waals surface area contributed by atoms with Crippen LogP contribution in [0.5, 0.6) is 5.75 Å². The van der Waals surface area contributed by atoms with Gasteiger partial charge < -0.3 is 14.0 Å². The fourth-order valence-corrected chi connectivity index (χ4v) is 4.55. The van der Waals surface area contributed by atoms with Gasteiger partial charge >= 0.3 is 0 Å². The fraction of sp³-hybridized carbons (Fsp3) is 0.435. The first-order chi connectivity index (χ1) is 14.9. The number of ketones is 1. The molecule has 0 saturated heterocycles. The van der Waals surface area contributed by atoms with Crippen molar-refractivity contribution in [1.29, 1.82) is 0 Å². The Labute approximate surface area is 187 Å². The number of carbonyl (C=O) groups is 1. The number of thioether (sulfide) groups is 1. The van der Waals surface area contributed by atoms with E-state index in [0.717, 1.165) is 45.8 Å². The molecule has 0 radical (unpaired) electrons. The lowest BCUT2D eigenvalue weighted by molar-refractivity contribution is 0.102. The zero-order valence-electron chi connectivity index (χ0n) is 19.0. The number of carbonyl (C=O) groups excluding carboxylic acids is 1. The van der Waals surface area contributed by atoms with Crippen molar-refractivity contribution < 1.29 is 14.3 Å². The van der Waals surface area contributed by atoms with E-state index in [9.17, 15) is 4.79 Å². The molecule has 1 aromatic carbocycles. The Morgan fingerprint density at radius 1 is 1.13 bits per heavy atom. The minimum absolute atomic E-state index is 0.0890. The third-order valence-corrected chi connectivity index (χ3v) is 6.20. The largest absolute Gasteiger partial charge is 0.497 e. The van der Waals surface area contributed by atoms with E-state index in [1.54, 1.807) is 14.2 Å². The number of ether oxygens (including phenoxy) is 2. The van der Waals surface area contributed by atoms with Gasteiger partial charge in [-0.15, -0.1) is 10.2 Å². The highest BCUT2D eigenvalue weighted by Gasteiger charge is 2.20. The maximum absolute atomic E-state index is 13.0. The highest BCUT2D eigenvalue weighted by atomic mass is 32.2. The molecule has 0 aliphatic heterocycles. The maximum Gasteiger partial charge on any atom is 0.192 e. The van der Waals surface area contributed by atoms with Crippen LogP contribution in [0, 0.1) is 13.8 Å². The van der Waals surface area contributed by atoms with Gasteiger partial charge in [0.2, 0.25) is 0 Å². The smallest absolute Gasteiger partial charge is 0.192 e. The van der Waals surface area contributed by atoms with Gasteiger partial charge in [0.1, 0.15) is 5.75 Å². The van der Waals surface area contributed by atoms with Gasteiger partial charge in [0.05, 0.1) is 19.5 Å². The normalized spacial score (nSPS) is 11.3. The zero-order valence-corrected chi connectivity index (χ0v) is 19.8. The third-order valence-electron chi connectivity index (χ3n) is 5.25. The van der Waals surface area contributed by atoms with Crippen LogP contribution in [-0.2, 0) is 11.3 Å². The first-order valence-electron chi connectivity index (χ1n) is 10.3. The van der Waals surface area contributed by atoms with Crippen molar-refractivity contribution >= 4 is 17.5 Å². The predicted molar refractivity (Wildman–Crippen MR) is 123 cm³/mol. The Morgan fingerprint density at radius 3 is 2.45 bits per heavy atom. The van der Waals surface area contributed by atoms with Crippen molar-refractivity contribution in [1.82, 2.24) is 19.3 Å². The van der Waals surface area contributed by atoms with Gasteiger partial charge in [0.25, 0.3) is 0 Å². The minimum Gasteiger partial charge on any atom is -0.497 e. The number of rotatable bonds is 10. The van der Waals surface area contributed by atoms with Gasteiger partial charge in [-0.2, -0.15) is 0 Å². The number of aryl methyl sites for hydroxylation is 1. The van der Waals surface area contributed by atoms with Crippen LogP contribution < -0.4 is 4.74 Å². The standard InChI is InChI=1S/C23H30N4O3S/c1-15(2)27-22(18-7-9-19(30-6)10-8-18)24-25-23(27)31-14-21(28)20-13-16(3)26(17(20)4)11-12-29-5/h7-10,13,15H,11-12,14H2,1-6H3. The van der Waals surface area contributed by atoms with E-state index in [1.807, 2.05) is 44.2 Å². The SMILES string of the molecule is COCCn1c(C)cc(C(=O)CSc2nnc(-c3ccc(OC)cc3)n2C(C)C)c1C. The second-order valence-corrected chi connectivity index (χ2v) is 8.58. The van der Waals surface area contributed by atoms with Crippen LogP contribution in [0.25, 0.3) is 11.4 Å². The number of Topliss-reactive ketones (excluding diaryl/α,β-unsaturated/α-hetero) is 1. The van der Waals surface area contributed by atoms with Crippen LogP contribution in [0.15, 0.2) is 35.5 Å². The van der Waals surface area contributed by atoms with Gasteiger partial charge in [-0.05, 0) is 58.0 Å². The lowest BCUT2D eigenvalue weighted by Crippen LogP contribution is -2.10. The molecule has 0 spiro atoms. The highest BCUT2D eigenvalue weighted by molar-refractivity contribution is 7.99. The molecule has 0 atom stereocenters. The summed E-state index contributed by atoms with van der Waals surface area (Å²) in [5, 5.41) is 9.52. The Balaban J connectivity index is 1.79. The van der Waals surface area contributed by atoms with E-state index in [-0.39, 0.29) is 11.8 Å². The molecular formula is C23H30N4O3S. The van der Waals surface area contributed by atoms with E-state index in [1.165, 1.54) is 11.8 Å². The van der Waals surface area contributed by atoms with Crippen LogP contribution in [0.3, 0.4) is 0 Å². The summed E-state index contributed by atoms with van der Waals surface area (Å²) in [6.45, 7) is 9.53. The molecule has 166 valence electrons. The average Bonchev–Trinajstić information content (AvgIpc) is 3.31. The second-order valence-electron chi connectivity index (χ2n) is 7.64. The Kier molecular flexibility index (Phi) is 7.56. The molecule has 2 heterocycles. The molecule has 0 aliphatic rings. The van der Waals surface area contributed by atoms with Gasteiger partial charge in [-0.1, -0.05) is 11.8 Å². The molecule has 3 rings (SSSR count). The van der Waals surface area contributed by atoms with Gasteiger partial charge in [0, 0.05) is 42.2 Å². The molecule has 0 amide bonds. The Morgan fingerprint density at radius 2 is 1.84 bits per heavy atom. The first kappa shape index (κ1) is 23.1. The lowest BCUT2D eigenvalue weighted by Gasteiger charge is -2.14. The van der Waals surface area contributed by atoms with Gasteiger partial charge in [0.15, 0.2) is 16.8 Å². The summed E-state index contributed by atoms with van der Waals surface area (Å²) in [4.78, 5) is 13.0. The van der Waals surface area contributed by atoms with Crippen molar-refractivity contribution in [3.05, 3.63) is 47.3 Å².